The number of carbonyl (C=O) groups excluding carboxylic acids is 1. The first kappa shape index (κ1) is 10.9. The average molecular weight is 300 g/mol. The van der Waals surface area contributed by atoms with Crippen LogP contribution < -0.4 is 0 Å². The van der Waals surface area contributed by atoms with Crippen LogP contribution in [0.4, 0.5) is 0 Å². The Balaban J connectivity index is 2.26. The van der Waals surface area contributed by atoms with Crippen molar-refractivity contribution in [1.82, 2.24) is 4.98 Å². The Bertz CT molecular complexity index is 470. The highest BCUT2D eigenvalue weighted by atomic mass is 79.9. The molecule has 0 aliphatic carbocycles. The highest BCUT2D eigenvalue weighted by molar-refractivity contribution is 9.10. The van der Waals surface area contributed by atoms with Crippen LogP contribution in [-0.4, -0.2) is 11.3 Å². The van der Waals surface area contributed by atoms with Crippen LogP contribution in [-0.2, 0) is 0 Å². The minimum Gasteiger partial charge on any atom is -0.298 e. The summed E-state index contributed by atoms with van der Waals surface area (Å²) in [5.74, 6) is 0. The van der Waals surface area contributed by atoms with E-state index in [2.05, 4.69) is 20.9 Å². The zero-order chi connectivity index (χ0) is 10.7. The van der Waals surface area contributed by atoms with Crippen molar-refractivity contribution in [2.24, 2.45) is 0 Å². The Labute approximate surface area is 104 Å². The van der Waals surface area contributed by atoms with Crippen LogP contribution >= 0.6 is 39.0 Å². The normalized spacial score (nSPS) is 10.2. The first-order chi connectivity index (χ1) is 7.29. The SMILES string of the molecule is O=Cc1ccc(Sc2nccs2)c(Br)c1. The van der Waals surface area contributed by atoms with Gasteiger partial charge in [-0.15, -0.1) is 11.3 Å². The third-order valence-electron chi connectivity index (χ3n) is 1.70. The quantitative estimate of drug-likeness (QED) is 0.806. The third kappa shape index (κ3) is 2.68. The number of aromatic nitrogens is 1. The summed E-state index contributed by atoms with van der Waals surface area (Å²) in [6.45, 7) is 0. The molecule has 0 radical (unpaired) electrons. The second-order valence-electron chi connectivity index (χ2n) is 2.71. The van der Waals surface area contributed by atoms with Gasteiger partial charge in [0.15, 0.2) is 4.34 Å². The molecular weight excluding hydrogens is 294 g/mol. The molecule has 0 fully saturated rings. The fraction of sp³-hybridized carbons (Fsp3) is 0. The molecule has 2 rings (SSSR count). The van der Waals surface area contributed by atoms with Crippen LogP contribution in [0.2, 0.25) is 0 Å². The molecular formula is C10H6BrNOS2. The summed E-state index contributed by atoms with van der Waals surface area (Å²) in [4.78, 5) is 15.8. The summed E-state index contributed by atoms with van der Waals surface area (Å²) in [6.07, 6.45) is 2.61. The number of aldehydes is 1. The van der Waals surface area contributed by atoms with Crippen LogP contribution in [0.1, 0.15) is 10.4 Å². The van der Waals surface area contributed by atoms with E-state index >= 15 is 0 Å². The van der Waals surface area contributed by atoms with E-state index < -0.39 is 0 Å². The fourth-order valence-electron chi connectivity index (χ4n) is 1.03. The highest BCUT2D eigenvalue weighted by Gasteiger charge is 2.04. The van der Waals surface area contributed by atoms with Gasteiger partial charge in [0.25, 0.3) is 0 Å². The molecule has 2 nitrogen and oxygen atoms in total. The van der Waals surface area contributed by atoms with Crippen molar-refractivity contribution in [2.75, 3.05) is 0 Å². The van der Waals surface area contributed by atoms with Crippen molar-refractivity contribution in [3.8, 4) is 0 Å². The lowest BCUT2D eigenvalue weighted by molar-refractivity contribution is 0.112. The number of hydrogen-bond donors (Lipinski definition) is 0. The lowest BCUT2D eigenvalue weighted by atomic mass is 10.2. The number of rotatable bonds is 3. The van der Waals surface area contributed by atoms with E-state index in [9.17, 15) is 4.79 Å². The predicted molar refractivity (Wildman–Crippen MR) is 65.8 cm³/mol. The molecule has 0 N–H and O–H groups in total. The van der Waals surface area contributed by atoms with Gasteiger partial charge in [-0.3, -0.25) is 4.79 Å². The van der Waals surface area contributed by atoms with E-state index in [1.165, 1.54) is 0 Å². The summed E-state index contributed by atoms with van der Waals surface area (Å²) in [5, 5.41) is 1.94. The Hall–Kier alpha value is -0.650. The summed E-state index contributed by atoms with van der Waals surface area (Å²) in [5.41, 5.74) is 0.672. The first-order valence-corrected chi connectivity index (χ1v) is 6.60. The van der Waals surface area contributed by atoms with Gasteiger partial charge in [0, 0.05) is 26.5 Å². The summed E-state index contributed by atoms with van der Waals surface area (Å²) < 4.78 is 1.92. The van der Waals surface area contributed by atoms with Crippen molar-refractivity contribution in [1.29, 1.82) is 0 Å². The molecule has 0 atom stereocenters. The molecule has 0 saturated heterocycles. The van der Waals surface area contributed by atoms with E-state index in [1.807, 2.05) is 17.5 Å². The number of nitrogens with zero attached hydrogens (tertiary/aromatic N) is 1. The Morgan fingerprint density at radius 3 is 2.93 bits per heavy atom. The standard InChI is InChI=1S/C10H6BrNOS2/c11-8-5-7(6-13)1-2-9(8)15-10-12-3-4-14-10/h1-6H. The number of hydrogen-bond acceptors (Lipinski definition) is 4. The maximum absolute atomic E-state index is 10.5. The van der Waals surface area contributed by atoms with Crippen LogP contribution in [0.15, 0.2) is 43.5 Å². The molecule has 0 bridgehead atoms. The maximum atomic E-state index is 10.5. The largest absolute Gasteiger partial charge is 0.298 e. The molecule has 0 aliphatic heterocycles. The smallest absolute Gasteiger partial charge is 0.154 e. The molecule has 1 aromatic carbocycles. The van der Waals surface area contributed by atoms with Gasteiger partial charge in [-0.25, -0.2) is 4.98 Å². The Morgan fingerprint density at radius 2 is 2.33 bits per heavy atom. The van der Waals surface area contributed by atoms with E-state index in [4.69, 9.17) is 0 Å². The van der Waals surface area contributed by atoms with Gasteiger partial charge in [0.1, 0.15) is 6.29 Å². The molecule has 0 aliphatic rings. The molecule has 0 amide bonds. The zero-order valence-corrected chi connectivity index (χ0v) is 10.7. The minimum atomic E-state index is 0.672. The highest BCUT2D eigenvalue weighted by Crippen LogP contribution is 2.34. The second kappa shape index (κ2) is 4.92. The van der Waals surface area contributed by atoms with Crippen molar-refractivity contribution in [3.05, 3.63) is 39.8 Å². The van der Waals surface area contributed by atoms with Gasteiger partial charge >= 0.3 is 0 Å². The van der Waals surface area contributed by atoms with E-state index in [0.29, 0.717) is 5.56 Å². The Morgan fingerprint density at radius 1 is 1.47 bits per heavy atom. The van der Waals surface area contributed by atoms with Gasteiger partial charge in [-0.2, -0.15) is 0 Å². The molecule has 0 unspecified atom stereocenters. The lowest BCUT2D eigenvalue weighted by Gasteiger charge is -2.01. The third-order valence-corrected chi connectivity index (χ3v) is 4.58. The monoisotopic (exact) mass is 299 g/mol. The summed E-state index contributed by atoms with van der Waals surface area (Å²) in [6, 6.07) is 5.52. The van der Waals surface area contributed by atoms with Crippen LogP contribution in [0.25, 0.3) is 0 Å². The van der Waals surface area contributed by atoms with Gasteiger partial charge < -0.3 is 0 Å². The minimum absolute atomic E-state index is 0.672. The van der Waals surface area contributed by atoms with Crippen molar-refractivity contribution in [3.63, 3.8) is 0 Å². The average Bonchev–Trinajstić information content (AvgIpc) is 2.74. The molecule has 2 aromatic rings. The molecule has 0 saturated carbocycles. The van der Waals surface area contributed by atoms with Crippen molar-refractivity contribution < 1.29 is 4.79 Å². The molecule has 1 aromatic heterocycles. The van der Waals surface area contributed by atoms with Crippen molar-refractivity contribution in [2.45, 2.75) is 9.24 Å². The molecule has 5 heteroatoms. The maximum Gasteiger partial charge on any atom is 0.154 e. The number of halogens is 1. The number of benzene rings is 1. The van der Waals surface area contributed by atoms with E-state index in [1.54, 1.807) is 35.4 Å². The van der Waals surface area contributed by atoms with Crippen LogP contribution in [0.5, 0.6) is 0 Å². The topological polar surface area (TPSA) is 30.0 Å². The predicted octanol–water partition coefficient (Wildman–Crippen LogP) is 3.87. The zero-order valence-electron chi connectivity index (χ0n) is 7.51. The van der Waals surface area contributed by atoms with Crippen molar-refractivity contribution >= 4 is 45.3 Å². The fourth-order valence-corrected chi connectivity index (χ4v) is 3.25. The number of carbonyl (C=O) groups is 1. The summed E-state index contributed by atoms with van der Waals surface area (Å²) >= 11 is 6.61. The van der Waals surface area contributed by atoms with Gasteiger partial charge in [0.2, 0.25) is 0 Å². The molecule has 0 spiro atoms. The van der Waals surface area contributed by atoms with E-state index in [-0.39, 0.29) is 0 Å². The summed E-state index contributed by atoms with van der Waals surface area (Å²) in [7, 11) is 0. The Kier molecular flexibility index (Phi) is 3.56. The van der Waals surface area contributed by atoms with Crippen LogP contribution in [0.3, 0.4) is 0 Å². The van der Waals surface area contributed by atoms with Gasteiger partial charge in [-0.1, -0.05) is 17.8 Å². The number of thiazole rings is 1. The molecule has 76 valence electrons. The molecule has 1 heterocycles. The molecule has 15 heavy (non-hydrogen) atoms. The second-order valence-corrected chi connectivity index (χ2v) is 5.75. The van der Waals surface area contributed by atoms with Crippen LogP contribution in [0, 0.1) is 0 Å². The lowest BCUT2D eigenvalue weighted by Crippen LogP contribution is -1.81. The van der Waals surface area contributed by atoms with Gasteiger partial charge in [-0.05, 0) is 28.1 Å². The first-order valence-electron chi connectivity index (χ1n) is 4.11. The van der Waals surface area contributed by atoms with E-state index in [0.717, 1.165) is 20.0 Å². The van der Waals surface area contributed by atoms with Gasteiger partial charge in [0.05, 0.1) is 0 Å².